The first kappa shape index (κ1) is 11.7. The fourth-order valence-electron chi connectivity index (χ4n) is 1.33. The van der Waals surface area contributed by atoms with Gasteiger partial charge < -0.3 is 15.2 Å². The third kappa shape index (κ3) is 2.68. The van der Waals surface area contributed by atoms with Crippen LogP contribution in [-0.4, -0.2) is 12.1 Å². The summed E-state index contributed by atoms with van der Waals surface area (Å²) in [5, 5.41) is 0. The fourth-order valence-corrected chi connectivity index (χ4v) is 1.66. The summed E-state index contributed by atoms with van der Waals surface area (Å²) in [7, 11) is 1.57. The van der Waals surface area contributed by atoms with Crippen molar-refractivity contribution in [1.29, 1.82) is 0 Å². The summed E-state index contributed by atoms with van der Waals surface area (Å²) >= 11 is 3.36. The van der Waals surface area contributed by atoms with E-state index in [1.807, 2.05) is 0 Å². The first-order valence-electron chi connectivity index (χ1n) is 4.91. The molecule has 1 aromatic heterocycles. The number of methoxy groups -OCH3 is 1. The Bertz CT molecular complexity index is 532. The smallest absolute Gasteiger partial charge is 0.169 e. The number of benzene rings is 1. The fraction of sp³-hybridized carbons (Fsp3) is 0.0833. The number of ether oxygens (including phenoxy) is 2. The zero-order chi connectivity index (χ0) is 12.3. The van der Waals surface area contributed by atoms with Crippen molar-refractivity contribution in [3.63, 3.8) is 0 Å². The van der Waals surface area contributed by atoms with Crippen LogP contribution >= 0.6 is 15.9 Å². The third-order valence-corrected chi connectivity index (χ3v) is 2.74. The number of anilines is 1. The highest BCUT2D eigenvalue weighted by Crippen LogP contribution is 2.35. The molecule has 2 aromatic rings. The molecule has 17 heavy (non-hydrogen) atoms. The highest BCUT2D eigenvalue weighted by molar-refractivity contribution is 9.10. The minimum absolute atomic E-state index is 0.591. The van der Waals surface area contributed by atoms with Gasteiger partial charge in [-0.1, -0.05) is 0 Å². The molecule has 0 saturated heterocycles. The molecule has 0 atom stereocenters. The van der Waals surface area contributed by atoms with Gasteiger partial charge in [-0.3, -0.25) is 4.98 Å². The largest absolute Gasteiger partial charge is 0.493 e. The quantitative estimate of drug-likeness (QED) is 0.883. The predicted molar refractivity (Wildman–Crippen MR) is 69.4 cm³/mol. The molecule has 2 rings (SSSR count). The van der Waals surface area contributed by atoms with Gasteiger partial charge in [0.1, 0.15) is 5.75 Å². The summed E-state index contributed by atoms with van der Waals surface area (Å²) in [6.07, 6.45) is 3.32. The lowest BCUT2D eigenvalue weighted by Crippen LogP contribution is -1.93. The molecule has 2 N–H and O–H groups in total. The molecule has 1 heterocycles. The van der Waals surface area contributed by atoms with Gasteiger partial charge in [-0.15, -0.1) is 0 Å². The summed E-state index contributed by atoms with van der Waals surface area (Å²) in [5.74, 6) is 1.87. The van der Waals surface area contributed by atoms with Crippen molar-refractivity contribution in [2.45, 2.75) is 0 Å². The molecule has 0 unspecified atom stereocenters. The van der Waals surface area contributed by atoms with Gasteiger partial charge >= 0.3 is 0 Å². The second kappa shape index (κ2) is 5.05. The maximum atomic E-state index is 5.72. The highest BCUT2D eigenvalue weighted by Gasteiger charge is 2.08. The van der Waals surface area contributed by atoms with Gasteiger partial charge in [0.25, 0.3) is 0 Å². The molecule has 0 saturated carbocycles. The lowest BCUT2D eigenvalue weighted by atomic mass is 10.3. The molecule has 0 bridgehead atoms. The molecule has 0 spiro atoms. The number of hydrogen-bond donors (Lipinski definition) is 1. The maximum Gasteiger partial charge on any atom is 0.169 e. The number of halogens is 1. The minimum Gasteiger partial charge on any atom is -0.493 e. The molecule has 0 aliphatic rings. The van der Waals surface area contributed by atoms with Crippen LogP contribution in [0.15, 0.2) is 41.1 Å². The first-order chi connectivity index (χ1) is 8.20. The number of pyridine rings is 1. The highest BCUT2D eigenvalue weighted by atomic mass is 79.9. The molecule has 88 valence electrons. The summed E-state index contributed by atoms with van der Waals surface area (Å²) in [6.45, 7) is 0. The van der Waals surface area contributed by atoms with Crippen molar-refractivity contribution in [2.24, 2.45) is 0 Å². The number of rotatable bonds is 3. The summed E-state index contributed by atoms with van der Waals surface area (Å²) in [6, 6.07) is 7.00. The Balaban J connectivity index is 2.33. The van der Waals surface area contributed by atoms with Gasteiger partial charge in [-0.05, 0) is 28.1 Å². The van der Waals surface area contributed by atoms with Gasteiger partial charge in [0.05, 0.1) is 11.6 Å². The monoisotopic (exact) mass is 294 g/mol. The van der Waals surface area contributed by atoms with Crippen LogP contribution in [0.5, 0.6) is 17.2 Å². The number of aromatic nitrogens is 1. The molecule has 0 radical (unpaired) electrons. The zero-order valence-corrected chi connectivity index (χ0v) is 10.8. The Hall–Kier alpha value is -1.75. The van der Waals surface area contributed by atoms with Gasteiger partial charge in [-0.2, -0.15) is 0 Å². The SMILES string of the molecule is COc1cc(N)ccc1Oc1ccncc1Br. The van der Waals surface area contributed by atoms with Crippen molar-refractivity contribution < 1.29 is 9.47 Å². The van der Waals surface area contributed by atoms with E-state index in [1.165, 1.54) is 0 Å². The van der Waals surface area contributed by atoms with Crippen LogP contribution in [0.25, 0.3) is 0 Å². The number of hydrogen-bond acceptors (Lipinski definition) is 4. The van der Waals surface area contributed by atoms with Crippen molar-refractivity contribution in [3.8, 4) is 17.2 Å². The van der Waals surface area contributed by atoms with Gasteiger partial charge in [-0.25, -0.2) is 0 Å². The molecule has 1 aromatic carbocycles. The average molecular weight is 295 g/mol. The van der Waals surface area contributed by atoms with E-state index >= 15 is 0 Å². The standard InChI is InChI=1S/C12H11BrN2O2/c1-16-12-6-8(14)2-3-11(12)17-10-4-5-15-7-9(10)13/h2-7H,14H2,1H3. The Morgan fingerprint density at radius 1 is 1.18 bits per heavy atom. The lowest BCUT2D eigenvalue weighted by molar-refractivity contribution is 0.378. The predicted octanol–water partition coefficient (Wildman–Crippen LogP) is 3.23. The van der Waals surface area contributed by atoms with Crippen LogP contribution < -0.4 is 15.2 Å². The van der Waals surface area contributed by atoms with Crippen molar-refractivity contribution in [2.75, 3.05) is 12.8 Å². The number of nitrogens with zero attached hydrogens (tertiary/aromatic N) is 1. The molecule has 0 amide bonds. The summed E-state index contributed by atoms with van der Waals surface area (Å²) in [5.41, 5.74) is 6.30. The molecule has 5 heteroatoms. The van der Waals surface area contributed by atoms with E-state index < -0.39 is 0 Å². The zero-order valence-electron chi connectivity index (χ0n) is 9.18. The van der Waals surface area contributed by atoms with Gasteiger partial charge in [0, 0.05) is 30.2 Å². The topological polar surface area (TPSA) is 57.4 Å². The normalized spacial score (nSPS) is 10.0. The van der Waals surface area contributed by atoms with Crippen LogP contribution in [0.3, 0.4) is 0 Å². The first-order valence-corrected chi connectivity index (χ1v) is 5.71. The molecular formula is C12H11BrN2O2. The average Bonchev–Trinajstić information content (AvgIpc) is 2.34. The molecule has 4 nitrogen and oxygen atoms in total. The van der Waals surface area contributed by atoms with E-state index in [2.05, 4.69) is 20.9 Å². The van der Waals surface area contributed by atoms with Crippen molar-refractivity contribution in [3.05, 3.63) is 41.1 Å². The van der Waals surface area contributed by atoms with Crippen LogP contribution in [0.4, 0.5) is 5.69 Å². The molecular weight excluding hydrogens is 284 g/mol. The Morgan fingerprint density at radius 2 is 2.00 bits per heavy atom. The van der Waals surface area contributed by atoms with E-state index in [4.69, 9.17) is 15.2 Å². The van der Waals surface area contributed by atoms with Crippen LogP contribution in [0.1, 0.15) is 0 Å². The van der Waals surface area contributed by atoms with E-state index in [1.54, 1.807) is 43.8 Å². The van der Waals surface area contributed by atoms with Crippen LogP contribution in [0.2, 0.25) is 0 Å². The van der Waals surface area contributed by atoms with E-state index in [0.29, 0.717) is 22.9 Å². The van der Waals surface area contributed by atoms with Gasteiger partial charge in [0.2, 0.25) is 0 Å². The Morgan fingerprint density at radius 3 is 2.71 bits per heavy atom. The van der Waals surface area contributed by atoms with Crippen LogP contribution in [-0.2, 0) is 0 Å². The maximum absolute atomic E-state index is 5.72. The summed E-state index contributed by atoms with van der Waals surface area (Å²) in [4.78, 5) is 3.97. The third-order valence-electron chi connectivity index (χ3n) is 2.14. The minimum atomic E-state index is 0.591. The lowest BCUT2D eigenvalue weighted by Gasteiger charge is -2.11. The number of nitrogens with two attached hydrogens (primary N) is 1. The summed E-state index contributed by atoms with van der Waals surface area (Å²) < 4.78 is 11.7. The van der Waals surface area contributed by atoms with E-state index in [-0.39, 0.29) is 0 Å². The Kier molecular flexibility index (Phi) is 3.49. The van der Waals surface area contributed by atoms with Gasteiger partial charge in [0.15, 0.2) is 11.5 Å². The second-order valence-electron chi connectivity index (χ2n) is 3.32. The van der Waals surface area contributed by atoms with Crippen molar-refractivity contribution in [1.82, 2.24) is 4.98 Å². The van der Waals surface area contributed by atoms with E-state index in [0.717, 1.165) is 4.47 Å². The Labute approximate surface area is 108 Å². The molecule has 0 aliphatic carbocycles. The molecule has 0 fully saturated rings. The second-order valence-corrected chi connectivity index (χ2v) is 4.17. The number of nitrogen functional groups attached to an aromatic ring is 1. The van der Waals surface area contributed by atoms with Crippen LogP contribution in [0, 0.1) is 0 Å². The van der Waals surface area contributed by atoms with Crippen molar-refractivity contribution >= 4 is 21.6 Å². The molecule has 0 aliphatic heterocycles. The van der Waals surface area contributed by atoms with E-state index in [9.17, 15) is 0 Å².